The average molecular weight is 138 g/mol. The van der Waals surface area contributed by atoms with Gasteiger partial charge >= 0.3 is 0 Å². The topological polar surface area (TPSA) is 17.1 Å². The SMILES string of the molecule is CC1CCCC2CC2C1=O. The van der Waals surface area contributed by atoms with Crippen molar-refractivity contribution in [2.24, 2.45) is 17.8 Å². The van der Waals surface area contributed by atoms with Gasteiger partial charge in [0.15, 0.2) is 0 Å². The predicted octanol–water partition coefficient (Wildman–Crippen LogP) is 2.01. The summed E-state index contributed by atoms with van der Waals surface area (Å²) in [5.74, 6) is 2.23. The summed E-state index contributed by atoms with van der Waals surface area (Å²) in [5.41, 5.74) is 0. The summed E-state index contributed by atoms with van der Waals surface area (Å²) in [6.45, 7) is 2.09. The molecule has 2 aliphatic rings. The van der Waals surface area contributed by atoms with Gasteiger partial charge in [0.2, 0.25) is 0 Å². The Hall–Kier alpha value is -0.330. The van der Waals surface area contributed by atoms with Crippen molar-refractivity contribution in [3.8, 4) is 0 Å². The van der Waals surface area contributed by atoms with Crippen molar-refractivity contribution in [1.82, 2.24) is 0 Å². The van der Waals surface area contributed by atoms with Gasteiger partial charge in [0.25, 0.3) is 0 Å². The Morgan fingerprint density at radius 2 is 2.20 bits per heavy atom. The first-order valence-corrected chi connectivity index (χ1v) is 4.33. The van der Waals surface area contributed by atoms with Crippen molar-refractivity contribution in [2.75, 3.05) is 0 Å². The second-order valence-corrected chi connectivity index (χ2v) is 3.84. The van der Waals surface area contributed by atoms with E-state index in [0.29, 0.717) is 17.6 Å². The van der Waals surface area contributed by atoms with E-state index in [2.05, 4.69) is 6.92 Å². The first-order chi connectivity index (χ1) is 4.79. The molecule has 0 bridgehead atoms. The van der Waals surface area contributed by atoms with Crippen LogP contribution in [0.5, 0.6) is 0 Å². The van der Waals surface area contributed by atoms with E-state index in [1.54, 1.807) is 0 Å². The first-order valence-electron chi connectivity index (χ1n) is 4.33. The molecule has 0 saturated heterocycles. The lowest BCUT2D eigenvalue weighted by Crippen LogP contribution is -2.11. The van der Waals surface area contributed by atoms with Crippen LogP contribution in [-0.2, 0) is 4.79 Å². The molecule has 0 amide bonds. The molecule has 0 aromatic rings. The van der Waals surface area contributed by atoms with Crippen LogP contribution in [0.25, 0.3) is 0 Å². The second-order valence-electron chi connectivity index (χ2n) is 3.84. The average Bonchev–Trinajstić information content (AvgIpc) is 2.64. The molecule has 0 N–H and O–H groups in total. The predicted molar refractivity (Wildman–Crippen MR) is 39.6 cm³/mol. The van der Waals surface area contributed by atoms with Gasteiger partial charge in [0.1, 0.15) is 5.78 Å². The van der Waals surface area contributed by atoms with Gasteiger partial charge < -0.3 is 0 Å². The molecular formula is C9H14O. The molecule has 56 valence electrons. The third-order valence-corrected chi connectivity index (χ3v) is 2.99. The number of carbonyl (C=O) groups excluding carboxylic acids is 1. The molecule has 0 aromatic heterocycles. The molecule has 0 radical (unpaired) electrons. The van der Waals surface area contributed by atoms with Gasteiger partial charge in [0, 0.05) is 11.8 Å². The van der Waals surface area contributed by atoms with E-state index in [4.69, 9.17) is 0 Å². The highest BCUT2D eigenvalue weighted by Crippen LogP contribution is 2.47. The zero-order chi connectivity index (χ0) is 7.14. The summed E-state index contributed by atoms with van der Waals surface area (Å²) >= 11 is 0. The monoisotopic (exact) mass is 138 g/mol. The summed E-state index contributed by atoms with van der Waals surface area (Å²) in [5, 5.41) is 0. The minimum atomic E-state index is 0.373. The van der Waals surface area contributed by atoms with Crippen molar-refractivity contribution >= 4 is 5.78 Å². The molecule has 2 saturated carbocycles. The van der Waals surface area contributed by atoms with Crippen molar-refractivity contribution < 1.29 is 4.79 Å². The van der Waals surface area contributed by atoms with Crippen LogP contribution in [-0.4, -0.2) is 5.78 Å². The summed E-state index contributed by atoms with van der Waals surface area (Å²) in [4.78, 5) is 11.4. The lowest BCUT2D eigenvalue weighted by atomic mass is 10.00. The Bertz CT molecular complexity index is 158. The maximum Gasteiger partial charge on any atom is 0.139 e. The highest BCUT2D eigenvalue weighted by molar-refractivity contribution is 5.85. The van der Waals surface area contributed by atoms with Crippen LogP contribution in [0.4, 0.5) is 0 Å². The molecule has 3 atom stereocenters. The highest BCUT2D eigenvalue weighted by atomic mass is 16.1. The number of ketones is 1. The van der Waals surface area contributed by atoms with Crippen molar-refractivity contribution in [2.45, 2.75) is 32.6 Å². The molecule has 0 heterocycles. The van der Waals surface area contributed by atoms with Gasteiger partial charge in [-0.3, -0.25) is 4.79 Å². The number of fused-ring (bicyclic) bond motifs is 1. The van der Waals surface area contributed by atoms with Gasteiger partial charge in [-0.2, -0.15) is 0 Å². The Morgan fingerprint density at radius 1 is 1.40 bits per heavy atom. The van der Waals surface area contributed by atoms with Gasteiger partial charge in [0.05, 0.1) is 0 Å². The number of rotatable bonds is 0. The Labute approximate surface area is 61.8 Å². The normalized spacial score (nSPS) is 46.1. The molecule has 1 heteroatoms. The zero-order valence-corrected chi connectivity index (χ0v) is 6.47. The molecule has 0 spiro atoms. The number of hydrogen-bond donors (Lipinski definition) is 0. The third kappa shape index (κ3) is 0.882. The van der Waals surface area contributed by atoms with E-state index < -0.39 is 0 Å². The van der Waals surface area contributed by atoms with Crippen LogP contribution in [0.1, 0.15) is 32.6 Å². The van der Waals surface area contributed by atoms with Gasteiger partial charge in [-0.15, -0.1) is 0 Å². The molecule has 2 aliphatic carbocycles. The van der Waals surface area contributed by atoms with Crippen LogP contribution < -0.4 is 0 Å². The Morgan fingerprint density at radius 3 is 3.00 bits per heavy atom. The van der Waals surface area contributed by atoms with Crippen LogP contribution in [0.2, 0.25) is 0 Å². The molecule has 10 heavy (non-hydrogen) atoms. The summed E-state index contributed by atoms with van der Waals surface area (Å²) in [7, 11) is 0. The van der Waals surface area contributed by atoms with E-state index in [0.717, 1.165) is 12.3 Å². The van der Waals surface area contributed by atoms with E-state index in [1.165, 1.54) is 19.3 Å². The molecule has 2 rings (SSSR count). The molecule has 2 fully saturated rings. The lowest BCUT2D eigenvalue weighted by molar-refractivity contribution is -0.123. The molecule has 3 unspecified atom stereocenters. The van der Waals surface area contributed by atoms with E-state index in [1.807, 2.05) is 0 Å². The zero-order valence-electron chi connectivity index (χ0n) is 6.47. The van der Waals surface area contributed by atoms with E-state index >= 15 is 0 Å². The lowest BCUT2D eigenvalue weighted by Gasteiger charge is -2.04. The third-order valence-electron chi connectivity index (χ3n) is 2.99. The van der Waals surface area contributed by atoms with Crippen molar-refractivity contribution in [3.05, 3.63) is 0 Å². The van der Waals surface area contributed by atoms with Gasteiger partial charge in [-0.05, 0) is 25.2 Å². The van der Waals surface area contributed by atoms with Crippen LogP contribution >= 0.6 is 0 Å². The highest BCUT2D eigenvalue weighted by Gasteiger charge is 2.45. The fourth-order valence-electron chi connectivity index (χ4n) is 2.11. The van der Waals surface area contributed by atoms with Crippen LogP contribution in [0.3, 0.4) is 0 Å². The molecular weight excluding hydrogens is 124 g/mol. The second kappa shape index (κ2) is 2.08. The number of carbonyl (C=O) groups is 1. The number of Topliss-reactive ketones (excluding diaryl/α,β-unsaturated/α-hetero) is 1. The van der Waals surface area contributed by atoms with Crippen molar-refractivity contribution in [3.63, 3.8) is 0 Å². The quantitative estimate of drug-likeness (QED) is 0.500. The summed E-state index contributed by atoms with van der Waals surface area (Å²) < 4.78 is 0. The Kier molecular flexibility index (Phi) is 1.33. The van der Waals surface area contributed by atoms with Crippen LogP contribution in [0, 0.1) is 17.8 Å². The molecule has 0 aliphatic heterocycles. The molecule has 1 nitrogen and oxygen atoms in total. The van der Waals surface area contributed by atoms with Crippen molar-refractivity contribution in [1.29, 1.82) is 0 Å². The first kappa shape index (κ1) is 6.38. The maximum absolute atomic E-state index is 11.4. The smallest absolute Gasteiger partial charge is 0.139 e. The fourth-order valence-corrected chi connectivity index (χ4v) is 2.11. The van der Waals surface area contributed by atoms with E-state index in [9.17, 15) is 4.79 Å². The maximum atomic E-state index is 11.4. The largest absolute Gasteiger partial charge is 0.299 e. The minimum Gasteiger partial charge on any atom is -0.299 e. The van der Waals surface area contributed by atoms with Gasteiger partial charge in [-0.25, -0.2) is 0 Å². The summed E-state index contributed by atoms with van der Waals surface area (Å²) in [6, 6.07) is 0. The van der Waals surface area contributed by atoms with E-state index in [-0.39, 0.29) is 0 Å². The standard InChI is InChI=1S/C9H14O/c1-6-3-2-4-7-5-8(7)9(6)10/h6-8H,2-5H2,1H3. The van der Waals surface area contributed by atoms with Gasteiger partial charge in [-0.1, -0.05) is 13.3 Å². The Balaban J connectivity index is 2.08. The summed E-state index contributed by atoms with van der Waals surface area (Å²) in [6.07, 6.45) is 4.96. The molecule has 0 aromatic carbocycles. The number of hydrogen-bond acceptors (Lipinski definition) is 1. The fraction of sp³-hybridized carbons (Fsp3) is 0.889. The van der Waals surface area contributed by atoms with Crippen LogP contribution in [0.15, 0.2) is 0 Å². The minimum absolute atomic E-state index is 0.373.